The molecule has 0 aliphatic heterocycles. The summed E-state index contributed by atoms with van der Waals surface area (Å²) in [5.74, 6) is -0.178. The zero-order valence-electron chi connectivity index (χ0n) is 58.6. The summed E-state index contributed by atoms with van der Waals surface area (Å²) in [6, 6.07) is -0.863. The van der Waals surface area contributed by atoms with Crippen molar-refractivity contribution in [1.29, 1.82) is 0 Å². The number of aliphatic hydroxyl groups is 1. The monoisotopic (exact) mass is 1230 g/mol. The minimum Gasteiger partial charge on any atom is -0.387 e. The average molecular weight is 1230 g/mol. The zero-order valence-corrected chi connectivity index (χ0v) is 59.5. The van der Waals surface area contributed by atoms with Gasteiger partial charge in [0.1, 0.15) is 13.2 Å². The molecule has 86 heavy (non-hydrogen) atoms. The molecule has 0 aromatic rings. The number of quaternary nitrogens is 1. The molecule has 0 saturated carbocycles. The third-order valence-corrected chi connectivity index (χ3v) is 18.8. The van der Waals surface area contributed by atoms with Crippen LogP contribution in [0.3, 0.4) is 0 Å². The van der Waals surface area contributed by atoms with E-state index in [0.717, 1.165) is 38.5 Å². The quantitative estimate of drug-likeness (QED) is 0.0243. The molecule has 0 spiro atoms. The SMILES string of the molecule is CCCCCCCCCC/C=C\CCCCCCCCCCCCCCCCCCCCCCCCCCCCCC(=O)NC(COP(=O)(O)OCC[N+](C)(C)C)C(O)/C=C/CC/C=C/CCCCCCCCCCCCCCCCCCCCC. The number of nitrogens with one attached hydrogen (secondary N) is 1. The van der Waals surface area contributed by atoms with Crippen LogP contribution >= 0.6 is 7.82 Å². The second-order valence-corrected chi connectivity index (χ2v) is 29.2. The van der Waals surface area contributed by atoms with Crippen LogP contribution in [0.25, 0.3) is 0 Å². The van der Waals surface area contributed by atoms with Crippen molar-refractivity contribution in [3.63, 3.8) is 0 Å². The van der Waals surface area contributed by atoms with Crippen LogP contribution in [0, 0.1) is 0 Å². The van der Waals surface area contributed by atoms with Crippen LogP contribution in [0.15, 0.2) is 36.5 Å². The highest BCUT2D eigenvalue weighted by Crippen LogP contribution is 2.43. The number of aliphatic hydroxyl groups excluding tert-OH is 1. The highest BCUT2D eigenvalue weighted by atomic mass is 31.2. The summed E-state index contributed by atoms with van der Waals surface area (Å²) in [5.41, 5.74) is 0. The number of unbranched alkanes of at least 4 members (excludes halogenated alkanes) is 55. The number of amides is 1. The van der Waals surface area contributed by atoms with Gasteiger partial charge in [-0.1, -0.05) is 371 Å². The normalized spacial score (nSPS) is 13.7. The molecule has 0 heterocycles. The van der Waals surface area contributed by atoms with Gasteiger partial charge in [0.2, 0.25) is 5.91 Å². The Balaban J connectivity index is 3.95. The molecule has 0 aliphatic carbocycles. The van der Waals surface area contributed by atoms with E-state index in [0.29, 0.717) is 17.4 Å². The van der Waals surface area contributed by atoms with Crippen molar-refractivity contribution < 1.29 is 32.9 Å². The molecular weight excluding hydrogens is 1080 g/mol. The second kappa shape index (κ2) is 68.1. The van der Waals surface area contributed by atoms with Crippen LogP contribution in [-0.2, 0) is 18.4 Å². The lowest BCUT2D eigenvalue weighted by Gasteiger charge is -2.25. The molecule has 0 aromatic carbocycles. The maximum Gasteiger partial charge on any atom is 0.472 e. The van der Waals surface area contributed by atoms with Gasteiger partial charge in [-0.3, -0.25) is 13.8 Å². The van der Waals surface area contributed by atoms with Crippen LogP contribution in [0.2, 0.25) is 0 Å². The summed E-state index contributed by atoms with van der Waals surface area (Å²) in [7, 11) is 1.57. The van der Waals surface area contributed by atoms with Crippen molar-refractivity contribution in [2.75, 3.05) is 40.9 Å². The van der Waals surface area contributed by atoms with E-state index >= 15 is 0 Å². The summed E-state index contributed by atoms with van der Waals surface area (Å²) in [5, 5.41) is 14.0. The van der Waals surface area contributed by atoms with Gasteiger partial charge >= 0.3 is 7.82 Å². The molecule has 0 radical (unpaired) electrons. The first-order valence-electron chi connectivity index (χ1n) is 38.4. The van der Waals surface area contributed by atoms with E-state index in [1.807, 2.05) is 27.2 Å². The highest BCUT2D eigenvalue weighted by molar-refractivity contribution is 7.47. The summed E-state index contributed by atoms with van der Waals surface area (Å²) in [6.07, 6.45) is 92.0. The zero-order chi connectivity index (χ0) is 62.6. The molecule has 9 heteroatoms. The minimum absolute atomic E-state index is 0.0585. The summed E-state index contributed by atoms with van der Waals surface area (Å²) in [6.45, 7) is 4.86. The summed E-state index contributed by atoms with van der Waals surface area (Å²) < 4.78 is 23.8. The molecule has 0 aromatic heterocycles. The summed E-state index contributed by atoms with van der Waals surface area (Å²) in [4.78, 5) is 23.4. The molecule has 0 rings (SSSR count). The molecule has 510 valence electrons. The topological polar surface area (TPSA) is 105 Å². The maximum atomic E-state index is 13.1. The van der Waals surface area contributed by atoms with Gasteiger partial charge in [-0.05, 0) is 57.8 Å². The van der Waals surface area contributed by atoms with Crippen molar-refractivity contribution in [3.05, 3.63) is 36.5 Å². The van der Waals surface area contributed by atoms with E-state index in [1.165, 1.54) is 340 Å². The van der Waals surface area contributed by atoms with Gasteiger partial charge in [0.15, 0.2) is 0 Å². The molecule has 0 saturated heterocycles. The smallest absolute Gasteiger partial charge is 0.387 e. The minimum atomic E-state index is -4.36. The highest BCUT2D eigenvalue weighted by Gasteiger charge is 2.28. The second-order valence-electron chi connectivity index (χ2n) is 27.7. The molecule has 0 aliphatic rings. The van der Waals surface area contributed by atoms with Gasteiger partial charge in [0.05, 0.1) is 39.9 Å². The summed E-state index contributed by atoms with van der Waals surface area (Å²) >= 11 is 0. The average Bonchev–Trinajstić information content (AvgIpc) is 3.70. The number of nitrogens with zero attached hydrogens (tertiary/aromatic N) is 1. The van der Waals surface area contributed by atoms with Crippen LogP contribution in [0.5, 0.6) is 0 Å². The van der Waals surface area contributed by atoms with Crippen LogP contribution < -0.4 is 5.32 Å². The van der Waals surface area contributed by atoms with Crippen molar-refractivity contribution >= 4 is 13.7 Å². The van der Waals surface area contributed by atoms with Gasteiger partial charge in [-0.2, -0.15) is 0 Å². The lowest BCUT2D eigenvalue weighted by molar-refractivity contribution is -0.870. The third kappa shape index (κ3) is 70.2. The molecule has 0 fully saturated rings. The Labute approximate surface area is 537 Å². The Morgan fingerprint density at radius 2 is 0.640 bits per heavy atom. The Hall–Kier alpha value is -1.28. The molecular formula is C77H152N2O6P+. The Bertz CT molecular complexity index is 1500. The predicted octanol–water partition coefficient (Wildman–Crippen LogP) is 24.8. The molecule has 3 unspecified atom stereocenters. The van der Waals surface area contributed by atoms with Crippen LogP contribution in [0.4, 0.5) is 0 Å². The number of hydrogen-bond donors (Lipinski definition) is 3. The number of phosphoric acid groups is 1. The van der Waals surface area contributed by atoms with Crippen molar-refractivity contribution in [3.8, 4) is 0 Å². The van der Waals surface area contributed by atoms with Gasteiger partial charge in [-0.25, -0.2) is 4.57 Å². The van der Waals surface area contributed by atoms with Crippen molar-refractivity contribution in [2.24, 2.45) is 0 Å². The first-order chi connectivity index (χ1) is 42.0. The van der Waals surface area contributed by atoms with Gasteiger partial charge in [0, 0.05) is 6.42 Å². The van der Waals surface area contributed by atoms with E-state index < -0.39 is 20.0 Å². The maximum absolute atomic E-state index is 13.1. The lowest BCUT2D eigenvalue weighted by atomic mass is 10.0. The fourth-order valence-electron chi connectivity index (χ4n) is 11.9. The lowest BCUT2D eigenvalue weighted by Crippen LogP contribution is -2.45. The predicted molar refractivity (Wildman–Crippen MR) is 378 cm³/mol. The van der Waals surface area contributed by atoms with E-state index in [1.54, 1.807) is 6.08 Å². The van der Waals surface area contributed by atoms with Crippen molar-refractivity contribution in [2.45, 2.75) is 411 Å². The number of phosphoric ester groups is 1. The third-order valence-electron chi connectivity index (χ3n) is 17.8. The molecule has 3 atom stereocenters. The molecule has 1 amide bonds. The van der Waals surface area contributed by atoms with E-state index in [2.05, 4.69) is 43.5 Å². The van der Waals surface area contributed by atoms with E-state index in [9.17, 15) is 19.4 Å². The van der Waals surface area contributed by atoms with Gasteiger partial charge in [-0.15, -0.1) is 0 Å². The number of hydrogen-bond acceptors (Lipinski definition) is 5. The van der Waals surface area contributed by atoms with Gasteiger partial charge in [0.25, 0.3) is 0 Å². The first-order valence-corrected chi connectivity index (χ1v) is 39.9. The molecule has 8 nitrogen and oxygen atoms in total. The number of rotatable bonds is 72. The largest absolute Gasteiger partial charge is 0.472 e. The Morgan fingerprint density at radius 1 is 0.384 bits per heavy atom. The Morgan fingerprint density at radius 3 is 0.930 bits per heavy atom. The number of likely N-dealkylation sites (N-methyl/N-ethyl adjacent to an activating group) is 1. The Kier molecular flexibility index (Phi) is 67.1. The number of carbonyl (C=O) groups is 1. The molecule has 3 N–H and O–H groups in total. The standard InChI is InChI=1S/C77H151N2O6P/c1-6-8-10-12-14-16-18-20-22-24-26-28-30-32-33-34-35-36-37-38-39-40-41-42-43-44-45-47-49-51-53-55-57-59-61-63-65-67-69-71-77(81)78-75(74-85-86(82,83)84-73-72-79(3,4)5)76(80)70-68-66-64-62-60-58-56-54-52-50-48-46-31-29-27-25-23-21-19-17-15-13-11-9-7-2/h24,26,60,62,68,70,75-76,80H,6-23,25,27-59,61,63-67,69,71-74H2,1-5H3,(H-,78,81,82,83)/p+1/b26-24-,62-60+,70-68+. The number of carbonyl (C=O) groups excluding carboxylic acids is 1. The van der Waals surface area contributed by atoms with Crippen molar-refractivity contribution in [1.82, 2.24) is 5.32 Å². The fraction of sp³-hybridized carbons (Fsp3) is 0.909. The van der Waals surface area contributed by atoms with Crippen LogP contribution in [0.1, 0.15) is 399 Å². The molecule has 0 bridgehead atoms. The number of allylic oxidation sites excluding steroid dienone is 5. The van der Waals surface area contributed by atoms with E-state index in [-0.39, 0.29) is 19.1 Å². The fourth-order valence-corrected chi connectivity index (χ4v) is 12.6. The van der Waals surface area contributed by atoms with Crippen LogP contribution in [-0.4, -0.2) is 73.4 Å². The van der Waals surface area contributed by atoms with Gasteiger partial charge < -0.3 is 19.8 Å². The van der Waals surface area contributed by atoms with E-state index in [4.69, 9.17) is 9.05 Å². The first kappa shape index (κ1) is 84.7.